The zero-order valence-electron chi connectivity index (χ0n) is 20.4. The molecule has 2 fully saturated rings. The number of rotatable bonds is 8. The maximum absolute atomic E-state index is 13.6. The number of nitro groups is 1. The first-order chi connectivity index (χ1) is 17.7. The van der Waals surface area contributed by atoms with Gasteiger partial charge < -0.3 is 14.4 Å². The molecule has 5 rings (SSSR count). The maximum atomic E-state index is 13.6. The summed E-state index contributed by atoms with van der Waals surface area (Å²) in [6.07, 6.45) is 1.34. The minimum Gasteiger partial charge on any atom is -0.490 e. The van der Waals surface area contributed by atoms with Gasteiger partial charge >= 0.3 is 11.8 Å². The summed E-state index contributed by atoms with van der Waals surface area (Å²) in [6, 6.07) is 8.35. The number of hydrogen-bond donors (Lipinski definition) is 0. The van der Waals surface area contributed by atoms with Crippen LogP contribution in [0.1, 0.15) is 42.9 Å². The first-order valence-electron chi connectivity index (χ1n) is 12.1. The molecule has 1 saturated carbocycles. The number of hydrogen-bond acceptors (Lipinski definition) is 7. The second-order valence-electron chi connectivity index (χ2n) is 9.71. The third-order valence-electron chi connectivity index (χ3n) is 7.55. The minimum absolute atomic E-state index is 0.0291. The minimum atomic E-state index is -1.65. The van der Waals surface area contributed by atoms with E-state index in [1.807, 2.05) is 6.92 Å². The van der Waals surface area contributed by atoms with Crippen LogP contribution >= 0.6 is 0 Å². The molecule has 37 heavy (non-hydrogen) atoms. The number of ether oxygens (including phenoxy) is 2. The van der Waals surface area contributed by atoms with E-state index < -0.39 is 35.0 Å². The molecular weight excluding hydrogens is 485 g/mol. The van der Waals surface area contributed by atoms with Crippen LogP contribution in [-0.4, -0.2) is 52.3 Å². The van der Waals surface area contributed by atoms with E-state index in [1.54, 1.807) is 17.0 Å². The molecule has 11 heteroatoms. The molecule has 0 N–H and O–H groups in total. The molecule has 1 heterocycles. The van der Waals surface area contributed by atoms with Crippen LogP contribution in [0.2, 0.25) is 0 Å². The van der Waals surface area contributed by atoms with E-state index in [0.29, 0.717) is 17.0 Å². The highest BCUT2D eigenvalue weighted by atomic mass is 19.1. The lowest BCUT2D eigenvalue weighted by molar-refractivity contribution is -0.385. The molecule has 1 unspecified atom stereocenters. The topological polar surface area (TPSA) is 119 Å². The van der Waals surface area contributed by atoms with Crippen LogP contribution in [0, 0.1) is 21.8 Å². The van der Waals surface area contributed by atoms with Crippen molar-refractivity contribution in [2.24, 2.45) is 5.92 Å². The van der Waals surface area contributed by atoms with Gasteiger partial charge in [0, 0.05) is 36.2 Å². The van der Waals surface area contributed by atoms with Crippen LogP contribution < -0.4 is 4.74 Å². The van der Waals surface area contributed by atoms with Gasteiger partial charge in [-0.25, -0.2) is 14.1 Å². The SMILES string of the molecule is COc1c([N+](=O)[O-])ccc2c1CCC21OC(=O)N(CC(=O)N(Cc2ccc(F)cc2)[C@@H](C)C2CC2)C1=O. The lowest BCUT2D eigenvalue weighted by atomic mass is 9.94. The van der Waals surface area contributed by atoms with Crippen LogP contribution in [0.3, 0.4) is 0 Å². The highest BCUT2D eigenvalue weighted by molar-refractivity contribution is 6.06. The van der Waals surface area contributed by atoms with Crippen molar-refractivity contribution in [2.45, 2.75) is 50.8 Å². The zero-order valence-corrected chi connectivity index (χ0v) is 20.4. The first kappa shape index (κ1) is 24.7. The molecule has 2 atom stereocenters. The Hall–Kier alpha value is -4.02. The van der Waals surface area contributed by atoms with Gasteiger partial charge in [0.2, 0.25) is 17.3 Å². The van der Waals surface area contributed by atoms with E-state index in [2.05, 4.69) is 0 Å². The summed E-state index contributed by atoms with van der Waals surface area (Å²) in [5.74, 6) is -1.14. The number of nitro benzene ring substituents is 1. The number of amides is 3. The summed E-state index contributed by atoms with van der Waals surface area (Å²) in [6.45, 7) is 1.64. The quantitative estimate of drug-likeness (QED) is 0.392. The smallest absolute Gasteiger partial charge is 0.418 e. The highest BCUT2D eigenvalue weighted by Crippen LogP contribution is 2.50. The standard InChI is InChI=1S/C26H26FN3O7/c1-15(17-5-6-17)28(13-16-3-7-18(27)8-4-16)22(31)14-29-24(32)26(37-25(29)33)12-11-19-20(26)9-10-21(30(34)35)23(19)36-2/h3-4,7-10,15,17H,5-6,11-14H2,1-2H3/t15-,26?/m0/s1. The van der Waals surface area contributed by atoms with Gasteiger partial charge in [-0.05, 0) is 55.9 Å². The van der Waals surface area contributed by atoms with Crippen molar-refractivity contribution in [3.8, 4) is 5.75 Å². The van der Waals surface area contributed by atoms with Gasteiger partial charge in [-0.15, -0.1) is 0 Å². The van der Waals surface area contributed by atoms with Crippen molar-refractivity contribution < 1.29 is 33.2 Å². The van der Waals surface area contributed by atoms with Crippen molar-refractivity contribution in [3.05, 3.63) is 69.0 Å². The lowest BCUT2D eigenvalue weighted by Crippen LogP contribution is -2.47. The number of nitrogens with zero attached hydrogens (tertiary/aromatic N) is 3. The molecule has 2 aromatic rings. The van der Waals surface area contributed by atoms with E-state index in [9.17, 15) is 28.9 Å². The number of fused-ring (bicyclic) bond motifs is 2. The predicted octanol–water partition coefficient (Wildman–Crippen LogP) is 3.69. The molecule has 2 aromatic carbocycles. The van der Waals surface area contributed by atoms with E-state index in [-0.39, 0.29) is 42.7 Å². The Labute approximate surface area is 212 Å². The molecule has 3 aliphatic rings. The second-order valence-corrected chi connectivity index (χ2v) is 9.71. The highest BCUT2D eigenvalue weighted by Gasteiger charge is 2.59. The van der Waals surface area contributed by atoms with Gasteiger partial charge in [0.1, 0.15) is 12.4 Å². The molecule has 0 radical (unpaired) electrons. The average Bonchev–Trinajstić information content (AvgIpc) is 3.63. The van der Waals surface area contributed by atoms with E-state index in [4.69, 9.17) is 9.47 Å². The first-order valence-corrected chi connectivity index (χ1v) is 12.1. The number of halogens is 1. The van der Waals surface area contributed by atoms with Crippen molar-refractivity contribution in [2.75, 3.05) is 13.7 Å². The fourth-order valence-electron chi connectivity index (χ4n) is 5.37. The van der Waals surface area contributed by atoms with Crippen molar-refractivity contribution >= 4 is 23.6 Å². The summed E-state index contributed by atoms with van der Waals surface area (Å²) in [5.41, 5.74) is -0.400. The molecule has 1 aliphatic heterocycles. The molecular formula is C26H26FN3O7. The predicted molar refractivity (Wildman–Crippen MR) is 127 cm³/mol. The van der Waals surface area contributed by atoms with Gasteiger partial charge in [-0.2, -0.15) is 0 Å². The van der Waals surface area contributed by atoms with Gasteiger partial charge in [-0.3, -0.25) is 19.7 Å². The molecule has 1 saturated heterocycles. The Morgan fingerprint density at radius 1 is 1.27 bits per heavy atom. The second kappa shape index (κ2) is 9.13. The van der Waals surface area contributed by atoms with E-state index in [0.717, 1.165) is 23.3 Å². The van der Waals surface area contributed by atoms with Crippen LogP contribution in [0.25, 0.3) is 0 Å². The Morgan fingerprint density at radius 2 is 1.97 bits per heavy atom. The van der Waals surface area contributed by atoms with Crippen LogP contribution in [0.5, 0.6) is 5.75 Å². The monoisotopic (exact) mass is 511 g/mol. The Kier molecular flexibility index (Phi) is 6.09. The molecule has 10 nitrogen and oxygen atoms in total. The number of carbonyl (C=O) groups excluding carboxylic acids is 3. The summed E-state index contributed by atoms with van der Waals surface area (Å²) >= 11 is 0. The zero-order chi connectivity index (χ0) is 26.5. The molecule has 0 bridgehead atoms. The average molecular weight is 512 g/mol. The third kappa shape index (κ3) is 4.17. The Morgan fingerprint density at radius 3 is 2.59 bits per heavy atom. The lowest BCUT2D eigenvalue weighted by Gasteiger charge is -2.30. The normalized spacial score (nSPS) is 21.1. The van der Waals surface area contributed by atoms with Crippen LogP contribution in [0.15, 0.2) is 36.4 Å². The van der Waals surface area contributed by atoms with Crippen LogP contribution in [-0.2, 0) is 32.9 Å². The summed E-state index contributed by atoms with van der Waals surface area (Å²) in [4.78, 5) is 53.2. The van der Waals surface area contributed by atoms with Crippen LogP contribution in [0.4, 0.5) is 14.9 Å². The van der Waals surface area contributed by atoms with Gasteiger partial charge in [0.15, 0.2) is 0 Å². The van der Waals surface area contributed by atoms with Crippen molar-refractivity contribution in [1.29, 1.82) is 0 Å². The molecule has 194 valence electrons. The number of benzene rings is 2. The largest absolute Gasteiger partial charge is 0.490 e. The molecule has 3 amide bonds. The summed E-state index contributed by atoms with van der Waals surface area (Å²) in [7, 11) is 1.30. The van der Waals surface area contributed by atoms with Crippen molar-refractivity contribution in [1.82, 2.24) is 9.80 Å². The van der Waals surface area contributed by atoms with E-state index in [1.165, 1.54) is 31.4 Å². The third-order valence-corrected chi connectivity index (χ3v) is 7.55. The fraction of sp³-hybridized carbons (Fsp3) is 0.423. The number of carbonyl (C=O) groups is 3. The molecule has 1 spiro atoms. The maximum Gasteiger partial charge on any atom is 0.418 e. The fourth-order valence-corrected chi connectivity index (χ4v) is 5.37. The van der Waals surface area contributed by atoms with Gasteiger partial charge in [-0.1, -0.05) is 12.1 Å². The summed E-state index contributed by atoms with van der Waals surface area (Å²) in [5, 5.41) is 11.4. The number of methoxy groups -OCH3 is 1. The van der Waals surface area contributed by atoms with Gasteiger partial charge in [0.05, 0.1) is 12.0 Å². The van der Waals surface area contributed by atoms with Gasteiger partial charge in [0.25, 0.3) is 5.91 Å². The Bertz CT molecular complexity index is 1290. The Balaban J connectivity index is 1.40. The number of imide groups is 1. The van der Waals surface area contributed by atoms with Crippen molar-refractivity contribution in [3.63, 3.8) is 0 Å². The molecule has 0 aromatic heterocycles. The molecule has 2 aliphatic carbocycles. The summed E-state index contributed by atoms with van der Waals surface area (Å²) < 4.78 is 24.2. The van der Waals surface area contributed by atoms with E-state index >= 15 is 0 Å².